The Labute approximate surface area is 118 Å². The maximum absolute atomic E-state index is 6.06. The predicted molar refractivity (Wildman–Crippen MR) is 75.8 cm³/mol. The summed E-state index contributed by atoms with van der Waals surface area (Å²) in [6, 6.07) is 10.5. The highest BCUT2D eigenvalue weighted by atomic mass is 15.5. The lowest BCUT2D eigenvalue weighted by atomic mass is 10.1. The molecule has 1 aromatic carbocycles. The van der Waals surface area contributed by atoms with E-state index in [4.69, 9.17) is 5.73 Å². The van der Waals surface area contributed by atoms with Crippen LogP contribution in [0.1, 0.15) is 18.3 Å². The molecule has 0 amide bonds. The smallest absolute Gasteiger partial charge is 0.165 e. The number of nitrogens with two attached hydrogens (primary N) is 1. The van der Waals surface area contributed by atoms with Crippen molar-refractivity contribution in [3.63, 3.8) is 0 Å². The van der Waals surface area contributed by atoms with Gasteiger partial charge >= 0.3 is 0 Å². The minimum Gasteiger partial charge on any atom is -0.326 e. The Morgan fingerprint density at radius 2 is 2.00 bits per heavy atom. The number of rotatable bonds is 4. The Bertz CT molecular complexity index is 542. The monoisotopic (exact) mass is 272 g/mol. The fraction of sp³-hybridized carbons (Fsp3) is 0.500. The molecule has 106 valence electrons. The largest absolute Gasteiger partial charge is 0.326 e. The molecule has 3 rings (SSSR count). The molecule has 0 saturated carbocycles. The van der Waals surface area contributed by atoms with E-state index in [0.29, 0.717) is 12.5 Å². The molecule has 1 fully saturated rings. The molecule has 1 saturated heterocycles. The van der Waals surface area contributed by atoms with Gasteiger partial charge in [-0.05, 0) is 21.9 Å². The highest BCUT2D eigenvalue weighted by Crippen LogP contribution is 2.16. The van der Waals surface area contributed by atoms with E-state index in [-0.39, 0.29) is 6.04 Å². The summed E-state index contributed by atoms with van der Waals surface area (Å²) in [5.74, 6) is 1.43. The zero-order valence-electron chi connectivity index (χ0n) is 11.7. The third kappa shape index (κ3) is 2.86. The van der Waals surface area contributed by atoms with Crippen molar-refractivity contribution in [1.29, 1.82) is 0 Å². The molecular formula is C14H20N6. The van der Waals surface area contributed by atoms with Gasteiger partial charge in [-0.2, -0.15) is 0 Å². The molecule has 6 heteroatoms. The van der Waals surface area contributed by atoms with Crippen LogP contribution in [0.4, 0.5) is 0 Å². The van der Waals surface area contributed by atoms with E-state index in [1.807, 2.05) is 22.9 Å². The first-order chi connectivity index (χ1) is 9.72. The van der Waals surface area contributed by atoms with Crippen LogP contribution in [-0.2, 0) is 13.1 Å². The van der Waals surface area contributed by atoms with E-state index in [1.54, 1.807) is 0 Å². The highest BCUT2D eigenvalue weighted by Gasteiger charge is 2.27. The molecule has 6 nitrogen and oxygen atoms in total. The summed E-state index contributed by atoms with van der Waals surface area (Å²) in [5, 5.41) is 12.0. The van der Waals surface area contributed by atoms with Crippen LogP contribution in [0.15, 0.2) is 30.3 Å². The van der Waals surface area contributed by atoms with Gasteiger partial charge in [0.1, 0.15) is 0 Å². The van der Waals surface area contributed by atoms with Gasteiger partial charge in [-0.25, -0.2) is 4.68 Å². The summed E-state index contributed by atoms with van der Waals surface area (Å²) < 4.78 is 1.86. The van der Waals surface area contributed by atoms with Crippen LogP contribution in [0.5, 0.6) is 0 Å². The first kappa shape index (κ1) is 13.2. The minimum atomic E-state index is 0.258. The van der Waals surface area contributed by atoms with Crippen molar-refractivity contribution in [2.45, 2.75) is 26.1 Å². The minimum absolute atomic E-state index is 0.258. The number of benzene rings is 1. The van der Waals surface area contributed by atoms with Crippen LogP contribution in [0.25, 0.3) is 0 Å². The Morgan fingerprint density at radius 3 is 2.70 bits per heavy atom. The van der Waals surface area contributed by atoms with Crippen molar-refractivity contribution in [2.75, 3.05) is 13.1 Å². The van der Waals surface area contributed by atoms with Crippen LogP contribution >= 0.6 is 0 Å². The number of aromatic nitrogens is 4. The van der Waals surface area contributed by atoms with E-state index in [9.17, 15) is 0 Å². The van der Waals surface area contributed by atoms with Gasteiger partial charge in [0.25, 0.3) is 0 Å². The van der Waals surface area contributed by atoms with Gasteiger partial charge in [0, 0.05) is 19.1 Å². The lowest BCUT2D eigenvalue weighted by Crippen LogP contribution is -2.29. The van der Waals surface area contributed by atoms with E-state index in [2.05, 4.69) is 39.5 Å². The number of tetrazole rings is 1. The Kier molecular flexibility index (Phi) is 3.75. The second-order valence-electron chi connectivity index (χ2n) is 5.57. The summed E-state index contributed by atoms with van der Waals surface area (Å²) in [6.45, 7) is 5.59. The summed E-state index contributed by atoms with van der Waals surface area (Å²) >= 11 is 0. The molecule has 0 bridgehead atoms. The standard InChI is InChI=1S/C14H20N6/c1-11-7-19(9-13(11)15)10-14-16-17-18-20(14)8-12-5-3-2-4-6-12/h2-6,11,13H,7-10,15H2,1H3. The fourth-order valence-corrected chi connectivity index (χ4v) is 2.64. The molecule has 2 atom stereocenters. The zero-order chi connectivity index (χ0) is 13.9. The number of likely N-dealkylation sites (tertiary alicyclic amines) is 1. The number of hydrogen-bond acceptors (Lipinski definition) is 5. The van der Waals surface area contributed by atoms with E-state index in [1.165, 1.54) is 5.56 Å². The van der Waals surface area contributed by atoms with Crippen LogP contribution in [-0.4, -0.2) is 44.2 Å². The molecule has 1 aliphatic heterocycles. The molecule has 0 radical (unpaired) electrons. The van der Waals surface area contributed by atoms with Gasteiger partial charge in [-0.3, -0.25) is 4.90 Å². The predicted octanol–water partition coefficient (Wildman–Crippen LogP) is 0.500. The summed E-state index contributed by atoms with van der Waals surface area (Å²) in [5.41, 5.74) is 7.26. The molecule has 2 aromatic rings. The van der Waals surface area contributed by atoms with Gasteiger partial charge in [0.05, 0.1) is 13.1 Å². The van der Waals surface area contributed by atoms with Crippen molar-refractivity contribution < 1.29 is 0 Å². The third-order valence-electron chi connectivity index (χ3n) is 3.89. The molecule has 2 N–H and O–H groups in total. The molecule has 2 heterocycles. The van der Waals surface area contributed by atoms with Gasteiger partial charge < -0.3 is 5.73 Å². The van der Waals surface area contributed by atoms with E-state index in [0.717, 1.165) is 25.5 Å². The van der Waals surface area contributed by atoms with Gasteiger partial charge in [-0.15, -0.1) is 5.10 Å². The van der Waals surface area contributed by atoms with Crippen molar-refractivity contribution in [3.8, 4) is 0 Å². The molecule has 20 heavy (non-hydrogen) atoms. The first-order valence-electron chi connectivity index (χ1n) is 6.99. The molecule has 1 aliphatic rings. The first-order valence-corrected chi connectivity index (χ1v) is 6.99. The van der Waals surface area contributed by atoms with Crippen molar-refractivity contribution in [1.82, 2.24) is 25.1 Å². The topological polar surface area (TPSA) is 72.9 Å². The summed E-state index contributed by atoms with van der Waals surface area (Å²) in [4.78, 5) is 2.32. The van der Waals surface area contributed by atoms with Crippen LogP contribution in [0, 0.1) is 5.92 Å². The summed E-state index contributed by atoms with van der Waals surface area (Å²) in [7, 11) is 0. The van der Waals surface area contributed by atoms with Gasteiger partial charge in [-0.1, -0.05) is 37.3 Å². The Balaban J connectivity index is 1.68. The highest BCUT2D eigenvalue weighted by molar-refractivity contribution is 5.14. The second kappa shape index (κ2) is 5.68. The van der Waals surface area contributed by atoms with Crippen LogP contribution in [0.2, 0.25) is 0 Å². The van der Waals surface area contributed by atoms with Crippen LogP contribution in [0.3, 0.4) is 0 Å². The Morgan fingerprint density at radius 1 is 1.20 bits per heavy atom. The third-order valence-corrected chi connectivity index (χ3v) is 3.89. The average Bonchev–Trinajstić information content (AvgIpc) is 2.99. The molecule has 1 aromatic heterocycles. The molecule has 0 spiro atoms. The average molecular weight is 272 g/mol. The van der Waals surface area contributed by atoms with Gasteiger partial charge in [0.2, 0.25) is 0 Å². The maximum Gasteiger partial charge on any atom is 0.165 e. The molecule has 0 aliphatic carbocycles. The van der Waals surface area contributed by atoms with Gasteiger partial charge in [0.15, 0.2) is 5.82 Å². The maximum atomic E-state index is 6.06. The van der Waals surface area contributed by atoms with Crippen molar-refractivity contribution in [3.05, 3.63) is 41.7 Å². The normalized spacial score (nSPS) is 23.3. The molecular weight excluding hydrogens is 252 g/mol. The quantitative estimate of drug-likeness (QED) is 0.877. The van der Waals surface area contributed by atoms with E-state index < -0.39 is 0 Å². The number of hydrogen-bond donors (Lipinski definition) is 1. The lowest BCUT2D eigenvalue weighted by Gasteiger charge is -2.14. The Hall–Kier alpha value is -1.79. The van der Waals surface area contributed by atoms with Crippen LogP contribution < -0.4 is 5.73 Å². The fourth-order valence-electron chi connectivity index (χ4n) is 2.64. The molecule has 2 unspecified atom stereocenters. The summed E-state index contributed by atoms with van der Waals surface area (Å²) in [6.07, 6.45) is 0. The lowest BCUT2D eigenvalue weighted by molar-refractivity contribution is 0.303. The van der Waals surface area contributed by atoms with Crippen molar-refractivity contribution >= 4 is 0 Å². The number of nitrogens with zero attached hydrogens (tertiary/aromatic N) is 5. The zero-order valence-corrected chi connectivity index (χ0v) is 11.7. The second-order valence-corrected chi connectivity index (χ2v) is 5.57. The van der Waals surface area contributed by atoms with E-state index >= 15 is 0 Å². The van der Waals surface area contributed by atoms with Crippen molar-refractivity contribution in [2.24, 2.45) is 11.7 Å². The SMILES string of the molecule is CC1CN(Cc2nnnn2Cc2ccccc2)CC1N.